The highest BCUT2D eigenvalue weighted by atomic mass is 16.1. The highest BCUT2D eigenvalue weighted by Crippen LogP contribution is 2.36. The SMILES string of the molecule is CCCNc1cnc(C(=O)NCC(C)C2CC2)cn1. The number of nitrogens with one attached hydrogen (secondary N) is 2. The first kappa shape index (κ1) is 13.8. The van der Waals surface area contributed by atoms with Crippen LogP contribution in [0.5, 0.6) is 0 Å². The highest BCUT2D eigenvalue weighted by Gasteiger charge is 2.27. The maximum absolute atomic E-state index is 11.9. The molecule has 1 unspecified atom stereocenters. The lowest BCUT2D eigenvalue weighted by molar-refractivity contribution is 0.0941. The molecule has 0 bridgehead atoms. The first-order valence-electron chi connectivity index (χ1n) is 7.04. The van der Waals surface area contributed by atoms with Crippen LogP contribution in [0, 0.1) is 11.8 Å². The van der Waals surface area contributed by atoms with E-state index in [0.717, 1.165) is 25.4 Å². The van der Waals surface area contributed by atoms with Crippen molar-refractivity contribution in [1.82, 2.24) is 15.3 Å². The molecule has 5 heteroatoms. The molecule has 0 radical (unpaired) electrons. The lowest BCUT2D eigenvalue weighted by atomic mass is 10.1. The van der Waals surface area contributed by atoms with E-state index in [1.807, 2.05) is 0 Å². The number of hydrogen-bond acceptors (Lipinski definition) is 4. The van der Waals surface area contributed by atoms with Crippen LogP contribution >= 0.6 is 0 Å². The number of anilines is 1. The molecular formula is C14H22N4O. The number of rotatable bonds is 7. The Morgan fingerprint density at radius 1 is 1.42 bits per heavy atom. The van der Waals surface area contributed by atoms with E-state index >= 15 is 0 Å². The van der Waals surface area contributed by atoms with Crippen LogP contribution in [-0.2, 0) is 0 Å². The van der Waals surface area contributed by atoms with Gasteiger partial charge in [-0.3, -0.25) is 4.79 Å². The van der Waals surface area contributed by atoms with Crippen molar-refractivity contribution in [3.8, 4) is 0 Å². The minimum Gasteiger partial charge on any atom is -0.369 e. The Labute approximate surface area is 114 Å². The van der Waals surface area contributed by atoms with Crippen LogP contribution in [0.1, 0.15) is 43.6 Å². The molecule has 104 valence electrons. The highest BCUT2D eigenvalue weighted by molar-refractivity contribution is 5.91. The molecule has 0 aliphatic heterocycles. The van der Waals surface area contributed by atoms with E-state index in [-0.39, 0.29) is 5.91 Å². The first-order chi connectivity index (χ1) is 9.20. The van der Waals surface area contributed by atoms with Crippen molar-refractivity contribution in [3.05, 3.63) is 18.1 Å². The van der Waals surface area contributed by atoms with Crippen molar-refractivity contribution < 1.29 is 4.79 Å². The standard InChI is InChI=1S/C14H22N4O/c1-3-6-15-13-9-16-12(8-17-13)14(19)18-7-10(2)11-4-5-11/h8-11H,3-7H2,1-2H3,(H,15,17)(H,18,19). The van der Waals surface area contributed by atoms with Crippen molar-refractivity contribution >= 4 is 11.7 Å². The number of hydrogen-bond donors (Lipinski definition) is 2. The summed E-state index contributed by atoms with van der Waals surface area (Å²) >= 11 is 0. The second-order valence-electron chi connectivity index (χ2n) is 5.24. The van der Waals surface area contributed by atoms with Crippen LogP contribution in [0.3, 0.4) is 0 Å². The second kappa shape index (κ2) is 6.50. The smallest absolute Gasteiger partial charge is 0.271 e. The molecule has 0 saturated heterocycles. The molecule has 1 fully saturated rings. The van der Waals surface area contributed by atoms with Gasteiger partial charge in [-0.1, -0.05) is 13.8 Å². The maximum Gasteiger partial charge on any atom is 0.271 e. The number of carbonyl (C=O) groups is 1. The summed E-state index contributed by atoms with van der Waals surface area (Å²) in [6.07, 6.45) is 6.76. The van der Waals surface area contributed by atoms with Crippen molar-refractivity contribution in [1.29, 1.82) is 0 Å². The van der Waals surface area contributed by atoms with E-state index in [4.69, 9.17) is 0 Å². The van der Waals surface area contributed by atoms with Gasteiger partial charge in [0, 0.05) is 13.1 Å². The van der Waals surface area contributed by atoms with Gasteiger partial charge in [-0.05, 0) is 31.1 Å². The molecular weight excluding hydrogens is 240 g/mol. The van der Waals surface area contributed by atoms with E-state index in [1.165, 1.54) is 19.0 Å². The molecule has 1 aliphatic carbocycles. The molecule has 0 spiro atoms. The normalized spacial score (nSPS) is 15.9. The fraction of sp³-hybridized carbons (Fsp3) is 0.643. The molecule has 5 nitrogen and oxygen atoms in total. The Kier molecular flexibility index (Phi) is 4.71. The molecule has 1 amide bonds. The summed E-state index contributed by atoms with van der Waals surface area (Å²) < 4.78 is 0. The van der Waals surface area contributed by atoms with Gasteiger partial charge >= 0.3 is 0 Å². The first-order valence-corrected chi connectivity index (χ1v) is 7.04. The Morgan fingerprint density at radius 2 is 2.21 bits per heavy atom. The van der Waals surface area contributed by atoms with Gasteiger partial charge in [0.2, 0.25) is 0 Å². The van der Waals surface area contributed by atoms with Crippen LogP contribution in [0.2, 0.25) is 0 Å². The Bertz CT molecular complexity index is 414. The largest absolute Gasteiger partial charge is 0.369 e. The number of amides is 1. The molecule has 0 aromatic carbocycles. The van der Waals surface area contributed by atoms with Crippen LogP contribution in [0.15, 0.2) is 12.4 Å². The Balaban J connectivity index is 1.81. The molecule has 2 rings (SSSR count). The van der Waals surface area contributed by atoms with Gasteiger partial charge < -0.3 is 10.6 Å². The van der Waals surface area contributed by atoms with Crippen LogP contribution in [0.25, 0.3) is 0 Å². The zero-order valence-electron chi connectivity index (χ0n) is 11.6. The summed E-state index contributed by atoms with van der Waals surface area (Å²) in [5.41, 5.74) is 0.380. The van der Waals surface area contributed by atoms with E-state index < -0.39 is 0 Å². The van der Waals surface area contributed by atoms with Crippen molar-refractivity contribution in [2.24, 2.45) is 11.8 Å². The third-order valence-corrected chi connectivity index (χ3v) is 3.45. The third-order valence-electron chi connectivity index (χ3n) is 3.45. The minimum atomic E-state index is -0.137. The summed E-state index contributed by atoms with van der Waals surface area (Å²) in [5, 5.41) is 6.05. The summed E-state index contributed by atoms with van der Waals surface area (Å²) in [5.74, 6) is 1.93. The van der Waals surface area contributed by atoms with Crippen molar-refractivity contribution in [2.45, 2.75) is 33.1 Å². The molecule has 1 heterocycles. The number of carbonyl (C=O) groups excluding carboxylic acids is 1. The average Bonchev–Trinajstić information content (AvgIpc) is 3.27. The Hall–Kier alpha value is -1.65. The Morgan fingerprint density at radius 3 is 2.79 bits per heavy atom. The van der Waals surface area contributed by atoms with Crippen molar-refractivity contribution in [3.63, 3.8) is 0 Å². The van der Waals surface area contributed by atoms with Crippen LogP contribution in [0.4, 0.5) is 5.82 Å². The zero-order chi connectivity index (χ0) is 13.7. The van der Waals surface area contributed by atoms with Gasteiger partial charge in [0.1, 0.15) is 11.5 Å². The molecule has 19 heavy (non-hydrogen) atoms. The van der Waals surface area contributed by atoms with Gasteiger partial charge in [0.05, 0.1) is 12.4 Å². The van der Waals surface area contributed by atoms with E-state index in [2.05, 4.69) is 34.4 Å². The topological polar surface area (TPSA) is 66.9 Å². The summed E-state index contributed by atoms with van der Waals surface area (Å²) in [4.78, 5) is 20.2. The summed E-state index contributed by atoms with van der Waals surface area (Å²) in [6.45, 7) is 5.85. The maximum atomic E-state index is 11.9. The molecule has 1 aromatic rings. The average molecular weight is 262 g/mol. The molecule has 1 saturated carbocycles. The summed E-state index contributed by atoms with van der Waals surface area (Å²) in [6, 6.07) is 0. The lowest BCUT2D eigenvalue weighted by Gasteiger charge is -2.11. The van der Waals surface area contributed by atoms with Gasteiger partial charge in [0.15, 0.2) is 0 Å². The zero-order valence-corrected chi connectivity index (χ0v) is 11.6. The van der Waals surface area contributed by atoms with E-state index in [9.17, 15) is 4.79 Å². The number of nitrogens with zero attached hydrogens (tertiary/aromatic N) is 2. The molecule has 2 N–H and O–H groups in total. The van der Waals surface area contributed by atoms with Crippen LogP contribution in [-0.4, -0.2) is 29.0 Å². The van der Waals surface area contributed by atoms with Gasteiger partial charge in [-0.25, -0.2) is 9.97 Å². The van der Waals surface area contributed by atoms with E-state index in [0.29, 0.717) is 17.4 Å². The van der Waals surface area contributed by atoms with Crippen LogP contribution < -0.4 is 10.6 Å². The predicted molar refractivity (Wildman–Crippen MR) is 75.0 cm³/mol. The third kappa shape index (κ3) is 4.19. The minimum absolute atomic E-state index is 0.137. The molecule has 1 aliphatic rings. The second-order valence-corrected chi connectivity index (χ2v) is 5.24. The molecule has 1 aromatic heterocycles. The molecule has 1 atom stereocenters. The fourth-order valence-corrected chi connectivity index (χ4v) is 1.97. The van der Waals surface area contributed by atoms with E-state index in [1.54, 1.807) is 6.20 Å². The number of aromatic nitrogens is 2. The van der Waals surface area contributed by atoms with Crippen molar-refractivity contribution in [2.75, 3.05) is 18.4 Å². The quantitative estimate of drug-likeness (QED) is 0.789. The summed E-state index contributed by atoms with van der Waals surface area (Å²) in [7, 11) is 0. The predicted octanol–water partition coefficient (Wildman–Crippen LogP) is 2.07. The fourth-order valence-electron chi connectivity index (χ4n) is 1.97. The lowest BCUT2D eigenvalue weighted by Crippen LogP contribution is -2.29. The van der Waals surface area contributed by atoms with Gasteiger partial charge in [-0.2, -0.15) is 0 Å². The van der Waals surface area contributed by atoms with Gasteiger partial charge in [0.25, 0.3) is 5.91 Å². The monoisotopic (exact) mass is 262 g/mol. The van der Waals surface area contributed by atoms with Gasteiger partial charge in [-0.15, -0.1) is 0 Å².